The Hall–Kier alpha value is -3.52. The molecule has 0 saturated heterocycles. The van der Waals surface area contributed by atoms with E-state index in [-0.39, 0.29) is 16.7 Å². The molecule has 3 rings (SSSR count). The fourth-order valence-electron chi connectivity index (χ4n) is 3.38. The zero-order valence-corrected chi connectivity index (χ0v) is 20.8. The first-order valence-electron chi connectivity index (χ1n) is 10.9. The Bertz CT molecular complexity index is 1250. The number of ether oxygens (including phenoxy) is 2. The van der Waals surface area contributed by atoms with Crippen LogP contribution in [0.25, 0.3) is 0 Å². The number of carbonyl (C=O) groups excluding carboxylic acids is 1. The molecular weight excluding hydrogens is 452 g/mol. The minimum absolute atomic E-state index is 0.0595. The largest absolute Gasteiger partial charge is 0.495 e. The van der Waals surface area contributed by atoms with Crippen molar-refractivity contribution in [2.24, 2.45) is 0 Å². The van der Waals surface area contributed by atoms with Gasteiger partial charge in [-0.1, -0.05) is 38.1 Å². The van der Waals surface area contributed by atoms with Crippen molar-refractivity contribution < 1.29 is 22.7 Å². The van der Waals surface area contributed by atoms with E-state index in [1.54, 1.807) is 19.1 Å². The van der Waals surface area contributed by atoms with Crippen molar-refractivity contribution in [3.05, 3.63) is 77.9 Å². The maximum atomic E-state index is 12.8. The fourth-order valence-corrected chi connectivity index (χ4v) is 4.44. The molecule has 1 unspecified atom stereocenters. The predicted molar refractivity (Wildman–Crippen MR) is 134 cm³/mol. The summed E-state index contributed by atoms with van der Waals surface area (Å²) >= 11 is 0. The summed E-state index contributed by atoms with van der Waals surface area (Å²) in [4.78, 5) is 12.7. The molecule has 3 aromatic rings. The Balaban J connectivity index is 1.68. The number of hydrogen-bond donors (Lipinski definition) is 2. The SMILES string of the molecule is COc1ccc(C)cc1NS(=O)(=O)c1ccc(NC(=O)C(C)Oc2ccccc2C(C)C)cc1. The summed E-state index contributed by atoms with van der Waals surface area (Å²) in [6.07, 6.45) is -0.737. The molecule has 0 aliphatic rings. The number of rotatable bonds is 9. The van der Waals surface area contributed by atoms with Crippen LogP contribution in [0.3, 0.4) is 0 Å². The van der Waals surface area contributed by atoms with E-state index in [0.717, 1.165) is 11.1 Å². The number of sulfonamides is 1. The van der Waals surface area contributed by atoms with Crippen LogP contribution in [0.1, 0.15) is 37.8 Å². The van der Waals surface area contributed by atoms with Gasteiger partial charge < -0.3 is 14.8 Å². The van der Waals surface area contributed by atoms with Crippen molar-refractivity contribution in [2.45, 2.75) is 44.6 Å². The monoisotopic (exact) mass is 482 g/mol. The zero-order chi connectivity index (χ0) is 24.9. The summed E-state index contributed by atoms with van der Waals surface area (Å²) in [5.74, 6) is 1.01. The lowest BCUT2D eigenvalue weighted by Crippen LogP contribution is -2.30. The van der Waals surface area contributed by atoms with Crippen LogP contribution in [-0.2, 0) is 14.8 Å². The summed E-state index contributed by atoms with van der Waals surface area (Å²) in [6.45, 7) is 7.66. The van der Waals surface area contributed by atoms with Crippen molar-refractivity contribution in [1.82, 2.24) is 0 Å². The van der Waals surface area contributed by atoms with Crippen LogP contribution in [-0.4, -0.2) is 27.5 Å². The highest BCUT2D eigenvalue weighted by Gasteiger charge is 2.19. The fraction of sp³-hybridized carbons (Fsp3) is 0.269. The number of carbonyl (C=O) groups is 1. The minimum Gasteiger partial charge on any atom is -0.495 e. The summed E-state index contributed by atoms with van der Waals surface area (Å²) in [7, 11) is -2.37. The smallest absolute Gasteiger partial charge is 0.265 e. The Kier molecular flexibility index (Phi) is 7.83. The zero-order valence-electron chi connectivity index (χ0n) is 20.0. The van der Waals surface area contributed by atoms with Crippen molar-refractivity contribution in [3.63, 3.8) is 0 Å². The van der Waals surface area contributed by atoms with Crippen LogP contribution in [0.4, 0.5) is 11.4 Å². The van der Waals surface area contributed by atoms with E-state index in [9.17, 15) is 13.2 Å². The summed E-state index contributed by atoms with van der Waals surface area (Å²) in [5, 5.41) is 2.77. The molecule has 0 fully saturated rings. The van der Waals surface area contributed by atoms with E-state index in [1.165, 1.54) is 31.4 Å². The molecule has 180 valence electrons. The molecule has 0 saturated carbocycles. The van der Waals surface area contributed by atoms with Gasteiger partial charge in [0.2, 0.25) is 0 Å². The quantitative estimate of drug-likeness (QED) is 0.430. The maximum Gasteiger partial charge on any atom is 0.265 e. The lowest BCUT2D eigenvalue weighted by molar-refractivity contribution is -0.122. The lowest BCUT2D eigenvalue weighted by Gasteiger charge is -2.19. The Morgan fingerprint density at radius 1 is 0.912 bits per heavy atom. The number of nitrogens with one attached hydrogen (secondary N) is 2. The van der Waals surface area contributed by atoms with Gasteiger partial charge in [0.25, 0.3) is 15.9 Å². The molecule has 0 aliphatic heterocycles. The molecule has 34 heavy (non-hydrogen) atoms. The van der Waals surface area contributed by atoms with Crippen LogP contribution in [0.2, 0.25) is 0 Å². The number of methoxy groups -OCH3 is 1. The molecule has 0 radical (unpaired) electrons. The molecule has 2 N–H and O–H groups in total. The molecule has 7 nitrogen and oxygen atoms in total. The van der Waals surface area contributed by atoms with E-state index < -0.39 is 16.1 Å². The third-order valence-electron chi connectivity index (χ3n) is 5.25. The van der Waals surface area contributed by atoms with Crippen molar-refractivity contribution in [1.29, 1.82) is 0 Å². The van der Waals surface area contributed by atoms with E-state index in [0.29, 0.717) is 22.9 Å². The highest BCUT2D eigenvalue weighted by atomic mass is 32.2. The number of para-hydroxylation sites is 1. The van der Waals surface area contributed by atoms with Gasteiger partial charge in [0.05, 0.1) is 17.7 Å². The number of aryl methyl sites for hydroxylation is 1. The van der Waals surface area contributed by atoms with Gasteiger partial charge in [0.1, 0.15) is 11.5 Å². The average Bonchev–Trinajstić information content (AvgIpc) is 2.79. The van der Waals surface area contributed by atoms with Crippen LogP contribution < -0.4 is 19.5 Å². The molecule has 0 aromatic heterocycles. The normalized spacial score (nSPS) is 12.2. The highest BCUT2D eigenvalue weighted by Crippen LogP contribution is 2.29. The first-order valence-corrected chi connectivity index (χ1v) is 12.4. The number of benzene rings is 3. The molecule has 0 aliphatic carbocycles. The van der Waals surface area contributed by atoms with Crippen molar-refractivity contribution in [2.75, 3.05) is 17.1 Å². The third kappa shape index (κ3) is 6.08. The molecule has 3 aromatic carbocycles. The second-order valence-electron chi connectivity index (χ2n) is 8.28. The minimum atomic E-state index is -3.85. The Labute approximate surface area is 201 Å². The Morgan fingerprint density at radius 2 is 1.59 bits per heavy atom. The van der Waals surface area contributed by atoms with Crippen LogP contribution in [0.15, 0.2) is 71.6 Å². The molecular formula is C26H30N2O5S. The van der Waals surface area contributed by atoms with E-state index in [1.807, 2.05) is 37.3 Å². The standard InChI is InChI=1S/C26H30N2O5S/c1-17(2)22-8-6-7-9-24(22)33-19(4)26(29)27-20-11-13-21(14-12-20)34(30,31)28-23-16-18(3)10-15-25(23)32-5/h6-17,19,28H,1-5H3,(H,27,29). The van der Waals surface area contributed by atoms with Gasteiger partial charge in [-0.25, -0.2) is 8.42 Å². The van der Waals surface area contributed by atoms with Gasteiger partial charge in [-0.2, -0.15) is 0 Å². The van der Waals surface area contributed by atoms with Crippen LogP contribution >= 0.6 is 0 Å². The van der Waals surface area contributed by atoms with Gasteiger partial charge in [0.15, 0.2) is 6.10 Å². The molecule has 1 amide bonds. The second kappa shape index (κ2) is 10.6. The van der Waals surface area contributed by atoms with E-state index in [4.69, 9.17) is 9.47 Å². The third-order valence-corrected chi connectivity index (χ3v) is 6.63. The number of anilines is 2. The molecule has 0 spiro atoms. The van der Waals surface area contributed by atoms with Gasteiger partial charge >= 0.3 is 0 Å². The number of hydrogen-bond acceptors (Lipinski definition) is 5. The predicted octanol–water partition coefficient (Wildman–Crippen LogP) is 5.33. The number of amides is 1. The molecule has 0 bridgehead atoms. The van der Waals surface area contributed by atoms with Crippen LogP contribution in [0, 0.1) is 6.92 Å². The molecule has 8 heteroatoms. The first kappa shape index (κ1) is 25.1. The highest BCUT2D eigenvalue weighted by molar-refractivity contribution is 7.92. The first-order chi connectivity index (χ1) is 16.1. The topological polar surface area (TPSA) is 93.7 Å². The van der Waals surface area contributed by atoms with E-state index >= 15 is 0 Å². The van der Waals surface area contributed by atoms with Gasteiger partial charge in [0, 0.05) is 5.69 Å². The lowest BCUT2D eigenvalue weighted by atomic mass is 10.0. The van der Waals surface area contributed by atoms with Crippen molar-refractivity contribution in [3.8, 4) is 11.5 Å². The summed E-state index contributed by atoms with van der Waals surface area (Å²) < 4.78 is 39.4. The van der Waals surface area contributed by atoms with Gasteiger partial charge in [-0.15, -0.1) is 0 Å². The van der Waals surface area contributed by atoms with Crippen molar-refractivity contribution >= 4 is 27.3 Å². The average molecular weight is 483 g/mol. The molecule has 1 atom stereocenters. The van der Waals surface area contributed by atoms with E-state index in [2.05, 4.69) is 23.9 Å². The summed E-state index contributed by atoms with van der Waals surface area (Å²) in [5.41, 5.74) is 2.73. The summed E-state index contributed by atoms with van der Waals surface area (Å²) in [6, 6.07) is 18.8. The van der Waals surface area contributed by atoms with Crippen LogP contribution in [0.5, 0.6) is 11.5 Å². The Morgan fingerprint density at radius 3 is 2.24 bits per heavy atom. The second-order valence-corrected chi connectivity index (χ2v) is 9.96. The van der Waals surface area contributed by atoms with Gasteiger partial charge in [-0.05, 0) is 73.4 Å². The maximum absolute atomic E-state index is 12.8. The van der Waals surface area contributed by atoms with Gasteiger partial charge in [-0.3, -0.25) is 9.52 Å². The molecule has 0 heterocycles.